The lowest BCUT2D eigenvalue weighted by Gasteiger charge is -2.24. The van der Waals surface area contributed by atoms with Crippen LogP contribution in [0.3, 0.4) is 0 Å². The average Bonchev–Trinajstić information content (AvgIpc) is 2.62. The van der Waals surface area contributed by atoms with Crippen molar-refractivity contribution >= 4 is 28.2 Å². The van der Waals surface area contributed by atoms with Crippen molar-refractivity contribution in [2.45, 2.75) is 32.1 Å². The van der Waals surface area contributed by atoms with E-state index in [1.54, 1.807) is 0 Å². The lowest BCUT2D eigenvalue weighted by molar-refractivity contribution is -0.132. The number of aromatic nitrogens is 2. The molecule has 1 aromatic heterocycles. The maximum atomic E-state index is 13.3. The summed E-state index contributed by atoms with van der Waals surface area (Å²) in [4.78, 5) is 41.6. The van der Waals surface area contributed by atoms with Crippen LogP contribution in [-0.4, -0.2) is 21.1 Å². The minimum absolute atomic E-state index is 0.0754. The van der Waals surface area contributed by atoms with E-state index < -0.39 is 78.2 Å². The molecule has 2 unspecified atom stereocenters. The number of rotatable bonds is 1. The number of benzene rings is 1. The number of aryl methyl sites for hydroxylation is 1. The predicted molar refractivity (Wildman–Crippen MR) is 78.1 cm³/mol. The molecule has 108 valence electrons. The number of anilines is 1. The van der Waals surface area contributed by atoms with Gasteiger partial charge in [-0.15, -0.1) is 0 Å². The number of carbonyl (C=O) groups is 2. The van der Waals surface area contributed by atoms with Crippen LogP contribution in [0.2, 0.25) is 0 Å². The largest absolute Gasteiger partial charge is 0.398 e. The van der Waals surface area contributed by atoms with Gasteiger partial charge in [0.15, 0.2) is 5.78 Å². The zero-order valence-corrected chi connectivity index (χ0v) is 10.6. The van der Waals surface area contributed by atoms with Crippen LogP contribution in [0.1, 0.15) is 43.4 Å². The Morgan fingerprint density at radius 3 is 3.14 bits per heavy atom. The van der Waals surface area contributed by atoms with Crippen molar-refractivity contribution in [1.82, 2.24) is 9.55 Å². The summed E-state index contributed by atoms with van der Waals surface area (Å²) < 4.78 is 70.9. The quantitative estimate of drug-likeness (QED) is 0.629. The maximum Gasteiger partial charge on any atom is 0.264 e. The van der Waals surface area contributed by atoms with Crippen molar-refractivity contribution in [2.75, 3.05) is 5.73 Å². The number of hydrogen-bond donors (Lipinski definition) is 1. The minimum Gasteiger partial charge on any atom is -0.398 e. The molecule has 0 amide bonds. The fraction of sp³-hybridized carbons (Fsp3) is 0.333. The highest BCUT2D eigenvalue weighted by Gasteiger charge is 2.30. The second-order valence-corrected chi connectivity index (χ2v) is 4.36. The Balaban J connectivity index is 2.54. The van der Waals surface area contributed by atoms with Crippen LogP contribution >= 0.6 is 0 Å². The molecule has 21 heavy (non-hydrogen) atoms. The van der Waals surface area contributed by atoms with Crippen LogP contribution in [0.15, 0.2) is 22.9 Å². The Labute approximate surface area is 133 Å². The number of ketones is 2. The van der Waals surface area contributed by atoms with Crippen molar-refractivity contribution in [3.05, 3.63) is 34.3 Å². The van der Waals surface area contributed by atoms with E-state index in [4.69, 9.17) is 18.1 Å². The highest BCUT2D eigenvalue weighted by Crippen LogP contribution is 2.24. The highest BCUT2D eigenvalue weighted by atomic mass is 16.2. The Hall–Kier alpha value is -2.50. The first-order valence-electron chi connectivity index (χ1n) is 10.5. The van der Waals surface area contributed by atoms with E-state index >= 15 is 0 Å². The molecule has 2 aromatic rings. The molecule has 0 saturated heterocycles. The van der Waals surface area contributed by atoms with Gasteiger partial charge in [0.05, 0.1) is 27.5 Å². The molecule has 1 heterocycles. The van der Waals surface area contributed by atoms with Crippen LogP contribution in [-0.2, 0) is 9.59 Å². The monoisotopic (exact) mass is 294 g/mol. The Morgan fingerprint density at radius 2 is 2.38 bits per heavy atom. The van der Waals surface area contributed by atoms with Gasteiger partial charge in [-0.05, 0) is 25.4 Å². The van der Waals surface area contributed by atoms with Crippen LogP contribution in [0, 0.1) is 6.85 Å². The van der Waals surface area contributed by atoms with Gasteiger partial charge in [0.2, 0.25) is 0 Å². The lowest BCUT2D eigenvalue weighted by atomic mass is 9.92. The molecule has 1 saturated carbocycles. The molecule has 2 N–H and O–H groups in total. The predicted octanol–water partition coefficient (Wildman–Crippen LogP) is 1.15. The van der Waals surface area contributed by atoms with Crippen molar-refractivity contribution in [3.8, 4) is 0 Å². The number of nitrogens with two attached hydrogens (primary N) is 1. The second-order valence-electron chi connectivity index (χ2n) is 4.36. The first-order valence-corrected chi connectivity index (χ1v) is 5.88. The number of Topliss-reactive ketones (excluding diaryl/α,β-unsaturated/α-hetero) is 2. The Kier molecular flexibility index (Phi) is 1.49. The number of hydrogen-bond acceptors (Lipinski definition) is 5. The first kappa shape index (κ1) is 6.51. The zero-order chi connectivity index (χ0) is 23.0. The highest BCUT2D eigenvalue weighted by molar-refractivity contribution is 6.03. The molecule has 1 fully saturated rings. The lowest BCUT2D eigenvalue weighted by Crippen LogP contribution is -2.36. The number of carbonyl (C=O) groups excluding carboxylic acids is 2. The van der Waals surface area contributed by atoms with Crippen LogP contribution in [0.4, 0.5) is 5.69 Å². The summed E-state index contributed by atoms with van der Waals surface area (Å²) in [6, 6.07) is -3.23. The summed E-state index contributed by atoms with van der Waals surface area (Å²) >= 11 is 0. The molecule has 2 atom stereocenters. The molecule has 0 aliphatic heterocycles. The third kappa shape index (κ3) is 2.12. The normalized spacial score (nSPS) is 35.4. The van der Waals surface area contributed by atoms with Gasteiger partial charge in [0, 0.05) is 20.3 Å². The minimum atomic E-state index is -3.19. The number of nitrogen functional groups attached to an aromatic ring is 1. The summed E-state index contributed by atoms with van der Waals surface area (Å²) in [5.41, 5.74) is 3.47. The van der Waals surface area contributed by atoms with Gasteiger partial charge in [0.1, 0.15) is 11.6 Å². The Bertz CT molecular complexity index is 1170. The van der Waals surface area contributed by atoms with Gasteiger partial charge in [-0.25, -0.2) is 4.98 Å². The molecule has 0 bridgehead atoms. The number of nitrogens with zero attached hydrogens (tertiary/aromatic N) is 2. The molecule has 1 aliphatic carbocycles. The van der Waals surface area contributed by atoms with Crippen molar-refractivity contribution in [3.63, 3.8) is 0 Å². The van der Waals surface area contributed by atoms with E-state index in [1.165, 1.54) is 0 Å². The fourth-order valence-corrected chi connectivity index (χ4v) is 2.07. The molecule has 0 spiro atoms. The molecular weight excluding hydrogens is 270 g/mol. The summed E-state index contributed by atoms with van der Waals surface area (Å²) in [5.74, 6) is -3.71. The van der Waals surface area contributed by atoms with E-state index in [0.29, 0.717) is 0 Å². The van der Waals surface area contributed by atoms with Crippen molar-refractivity contribution < 1.29 is 21.9 Å². The number of fused-ring (bicyclic) bond motifs is 1. The van der Waals surface area contributed by atoms with Gasteiger partial charge < -0.3 is 5.73 Å². The third-order valence-electron chi connectivity index (χ3n) is 3.01. The molecule has 0 radical (unpaired) electrons. The molecule has 6 heteroatoms. The average molecular weight is 294 g/mol. The molecule has 1 aromatic carbocycles. The summed E-state index contributed by atoms with van der Waals surface area (Å²) in [7, 11) is 0. The van der Waals surface area contributed by atoms with Crippen molar-refractivity contribution in [1.29, 1.82) is 0 Å². The van der Waals surface area contributed by atoms with E-state index in [1.807, 2.05) is 0 Å². The first-order chi connectivity index (χ1) is 13.6. The second kappa shape index (κ2) is 4.80. The zero-order valence-electron chi connectivity index (χ0n) is 19.6. The summed E-state index contributed by atoms with van der Waals surface area (Å²) in [5, 5.41) is -0.548. The van der Waals surface area contributed by atoms with Gasteiger partial charge in [-0.1, -0.05) is 6.04 Å². The summed E-state index contributed by atoms with van der Waals surface area (Å²) in [6.07, 6.45) is -6.63. The standard InChI is InChI=1S/C15H15N3O3/c1-8-17-11-4-2-3-10(16)14(11)15(21)18(8)12-6-5-9(19)7-13(12)20/h2-4,12H,5-7,16H2,1H3/i1D3,2D,3D,5D2,6D,12D. The van der Waals surface area contributed by atoms with Gasteiger partial charge in [-0.2, -0.15) is 0 Å². The smallest absolute Gasteiger partial charge is 0.264 e. The SMILES string of the molecule is [2H]c1cc2nc(C([2H])([2H])[2H])n(C3([2H])C(=O)CC(=O)C([2H])([2H])C3[2H])c(=O)c2c(N)c1[2H]. The van der Waals surface area contributed by atoms with Crippen LogP contribution in [0.5, 0.6) is 0 Å². The third-order valence-corrected chi connectivity index (χ3v) is 3.01. The molecule has 3 rings (SSSR count). The summed E-state index contributed by atoms with van der Waals surface area (Å²) in [6.45, 7) is -3.19. The van der Waals surface area contributed by atoms with Crippen molar-refractivity contribution in [2.24, 2.45) is 0 Å². The van der Waals surface area contributed by atoms with Crippen LogP contribution < -0.4 is 11.3 Å². The van der Waals surface area contributed by atoms with Gasteiger partial charge in [-0.3, -0.25) is 19.0 Å². The fourth-order valence-electron chi connectivity index (χ4n) is 2.07. The Morgan fingerprint density at radius 1 is 1.57 bits per heavy atom. The molecule has 1 aliphatic rings. The van der Waals surface area contributed by atoms with E-state index in [9.17, 15) is 14.4 Å². The maximum absolute atomic E-state index is 13.3. The topological polar surface area (TPSA) is 95.0 Å². The van der Waals surface area contributed by atoms with E-state index in [0.717, 1.165) is 6.07 Å². The molecular formula is C15H15N3O3. The van der Waals surface area contributed by atoms with E-state index in [-0.39, 0.29) is 10.1 Å². The van der Waals surface area contributed by atoms with Gasteiger partial charge in [0.25, 0.3) is 5.56 Å². The van der Waals surface area contributed by atoms with Crippen LogP contribution in [0.25, 0.3) is 10.9 Å². The molecule has 6 nitrogen and oxygen atoms in total. The van der Waals surface area contributed by atoms with Gasteiger partial charge >= 0.3 is 0 Å². The van der Waals surface area contributed by atoms with E-state index in [2.05, 4.69) is 4.98 Å².